The molecule has 0 aliphatic heterocycles. The molecule has 1 amide bonds. The maximum Gasteiger partial charge on any atom is 0.243 e. The van der Waals surface area contributed by atoms with Gasteiger partial charge in [-0.25, -0.2) is 9.87 Å². The Morgan fingerprint density at radius 1 is 1.33 bits per heavy atom. The minimum absolute atomic E-state index is 0.155. The molecule has 0 spiro atoms. The third-order valence-corrected chi connectivity index (χ3v) is 3.22. The summed E-state index contributed by atoms with van der Waals surface area (Å²) < 4.78 is 13.3. The van der Waals surface area contributed by atoms with Crippen LogP contribution < -0.4 is 5.48 Å². The summed E-state index contributed by atoms with van der Waals surface area (Å²) >= 11 is 0. The van der Waals surface area contributed by atoms with Crippen molar-refractivity contribution in [1.82, 2.24) is 5.48 Å². The summed E-state index contributed by atoms with van der Waals surface area (Å²) in [5.41, 5.74) is 3.02. The zero-order valence-electron chi connectivity index (χ0n) is 10.3. The summed E-state index contributed by atoms with van der Waals surface area (Å²) in [6.45, 7) is 0. The number of rotatable bonds is 5. The number of hydroxylamine groups is 1. The Kier molecular flexibility index (Phi) is 4.70. The molecule has 3 nitrogen and oxygen atoms in total. The number of hydrogen-bond acceptors (Lipinski definition) is 2. The van der Waals surface area contributed by atoms with Crippen LogP contribution in [0.1, 0.15) is 37.7 Å². The molecule has 0 saturated heterocycles. The Labute approximate surface area is 106 Å². The van der Waals surface area contributed by atoms with Gasteiger partial charge in [-0.3, -0.25) is 9.63 Å². The normalized spacial score (nSPS) is 15.8. The lowest BCUT2D eigenvalue weighted by Gasteiger charge is -2.11. The van der Waals surface area contributed by atoms with Crippen molar-refractivity contribution in [2.24, 2.45) is 0 Å². The molecule has 0 radical (unpaired) electrons. The zero-order chi connectivity index (χ0) is 12.8. The molecular weight excluding hydrogens is 233 g/mol. The Morgan fingerprint density at radius 3 is 2.78 bits per heavy atom. The van der Waals surface area contributed by atoms with Crippen molar-refractivity contribution in [2.75, 3.05) is 0 Å². The molecule has 98 valence electrons. The molecule has 0 unspecified atom stereocenters. The molecule has 0 atom stereocenters. The average Bonchev–Trinajstić information content (AvgIpc) is 2.88. The van der Waals surface area contributed by atoms with Gasteiger partial charge < -0.3 is 0 Å². The fraction of sp³-hybridized carbons (Fsp3) is 0.500. The number of carbonyl (C=O) groups excluding carboxylic acids is 1. The minimum Gasteiger partial charge on any atom is -0.273 e. The summed E-state index contributed by atoms with van der Waals surface area (Å²) in [5, 5.41) is 0. The van der Waals surface area contributed by atoms with E-state index in [2.05, 4.69) is 5.48 Å². The Bertz CT molecular complexity index is 403. The number of aryl methyl sites for hydroxylation is 1. The predicted molar refractivity (Wildman–Crippen MR) is 66.2 cm³/mol. The third-order valence-electron chi connectivity index (χ3n) is 3.22. The van der Waals surface area contributed by atoms with Gasteiger partial charge in [-0.15, -0.1) is 0 Å². The number of carbonyl (C=O) groups is 1. The van der Waals surface area contributed by atoms with Crippen molar-refractivity contribution in [3.63, 3.8) is 0 Å². The standard InChI is InChI=1S/C14H18FNO2/c15-13-8-4-1-5-11(13)9-10-14(17)16-18-12-6-2-3-7-12/h1,4-5,8,12H,2-3,6-7,9-10H2,(H,16,17). The van der Waals surface area contributed by atoms with Crippen molar-refractivity contribution >= 4 is 5.91 Å². The first-order valence-corrected chi connectivity index (χ1v) is 6.43. The summed E-state index contributed by atoms with van der Waals surface area (Å²) in [4.78, 5) is 16.8. The van der Waals surface area contributed by atoms with E-state index in [4.69, 9.17) is 4.84 Å². The highest BCUT2D eigenvalue weighted by atomic mass is 19.1. The second-order valence-corrected chi connectivity index (χ2v) is 4.64. The van der Waals surface area contributed by atoms with Crippen molar-refractivity contribution in [2.45, 2.75) is 44.6 Å². The highest BCUT2D eigenvalue weighted by molar-refractivity contribution is 5.75. The van der Waals surface area contributed by atoms with E-state index in [1.54, 1.807) is 18.2 Å². The third kappa shape index (κ3) is 3.81. The molecule has 1 aliphatic rings. The number of halogens is 1. The van der Waals surface area contributed by atoms with E-state index >= 15 is 0 Å². The molecule has 4 heteroatoms. The first kappa shape index (κ1) is 13.0. The number of benzene rings is 1. The fourth-order valence-electron chi connectivity index (χ4n) is 2.16. The summed E-state index contributed by atoms with van der Waals surface area (Å²) in [7, 11) is 0. The van der Waals surface area contributed by atoms with Gasteiger partial charge in [-0.1, -0.05) is 31.0 Å². The van der Waals surface area contributed by atoms with Crippen molar-refractivity contribution < 1.29 is 14.0 Å². The first-order valence-electron chi connectivity index (χ1n) is 6.43. The van der Waals surface area contributed by atoms with Gasteiger partial charge in [0.1, 0.15) is 5.82 Å². The summed E-state index contributed by atoms with van der Waals surface area (Å²) in [6.07, 6.45) is 5.13. The van der Waals surface area contributed by atoms with Crippen molar-refractivity contribution in [1.29, 1.82) is 0 Å². The number of nitrogens with one attached hydrogen (secondary N) is 1. The fourth-order valence-corrected chi connectivity index (χ4v) is 2.16. The molecule has 1 aromatic carbocycles. The van der Waals surface area contributed by atoms with Gasteiger partial charge >= 0.3 is 0 Å². The van der Waals surface area contributed by atoms with Gasteiger partial charge in [0.25, 0.3) is 0 Å². The minimum atomic E-state index is -0.262. The van der Waals surface area contributed by atoms with Crippen LogP contribution in [0.15, 0.2) is 24.3 Å². The highest BCUT2D eigenvalue weighted by Gasteiger charge is 2.16. The Balaban J connectivity index is 1.69. The lowest BCUT2D eigenvalue weighted by molar-refractivity contribution is -0.138. The van der Waals surface area contributed by atoms with Crippen LogP contribution in [0, 0.1) is 5.82 Å². The molecule has 1 aliphatic carbocycles. The second-order valence-electron chi connectivity index (χ2n) is 4.64. The molecule has 1 N–H and O–H groups in total. The van der Waals surface area contributed by atoms with E-state index in [1.165, 1.54) is 6.07 Å². The van der Waals surface area contributed by atoms with E-state index in [1.807, 2.05) is 0 Å². The van der Waals surface area contributed by atoms with Gasteiger partial charge in [0.05, 0.1) is 6.10 Å². The van der Waals surface area contributed by atoms with E-state index in [-0.39, 0.29) is 24.2 Å². The lowest BCUT2D eigenvalue weighted by atomic mass is 10.1. The van der Waals surface area contributed by atoms with Crippen LogP contribution in [0.25, 0.3) is 0 Å². The van der Waals surface area contributed by atoms with Crippen LogP contribution >= 0.6 is 0 Å². The van der Waals surface area contributed by atoms with Gasteiger partial charge in [-0.05, 0) is 30.9 Å². The van der Waals surface area contributed by atoms with Crippen LogP contribution in [0.4, 0.5) is 4.39 Å². The van der Waals surface area contributed by atoms with Crippen LogP contribution in [-0.2, 0) is 16.1 Å². The van der Waals surface area contributed by atoms with Gasteiger partial charge in [0.2, 0.25) is 5.91 Å². The lowest BCUT2D eigenvalue weighted by Crippen LogP contribution is -2.28. The van der Waals surface area contributed by atoms with Crippen molar-refractivity contribution in [3.8, 4) is 0 Å². The molecular formula is C14H18FNO2. The Hall–Kier alpha value is -1.42. The van der Waals surface area contributed by atoms with E-state index in [0.717, 1.165) is 25.7 Å². The highest BCUT2D eigenvalue weighted by Crippen LogP contribution is 2.19. The van der Waals surface area contributed by atoms with E-state index in [0.29, 0.717) is 12.0 Å². The number of amides is 1. The van der Waals surface area contributed by atoms with Crippen LogP contribution in [0.5, 0.6) is 0 Å². The Morgan fingerprint density at radius 2 is 2.06 bits per heavy atom. The zero-order valence-corrected chi connectivity index (χ0v) is 10.3. The smallest absolute Gasteiger partial charge is 0.243 e. The first-order chi connectivity index (χ1) is 8.75. The van der Waals surface area contributed by atoms with Crippen LogP contribution in [0.2, 0.25) is 0 Å². The maximum absolute atomic E-state index is 13.3. The molecule has 1 fully saturated rings. The maximum atomic E-state index is 13.3. The number of hydrogen-bond donors (Lipinski definition) is 1. The van der Waals surface area contributed by atoms with Crippen LogP contribution in [0.3, 0.4) is 0 Å². The molecule has 18 heavy (non-hydrogen) atoms. The molecule has 1 saturated carbocycles. The average molecular weight is 251 g/mol. The topological polar surface area (TPSA) is 38.3 Å². The molecule has 2 rings (SSSR count). The largest absolute Gasteiger partial charge is 0.273 e. The monoisotopic (exact) mass is 251 g/mol. The molecule has 0 aromatic heterocycles. The quantitative estimate of drug-likeness (QED) is 0.817. The van der Waals surface area contributed by atoms with E-state index in [9.17, 15) is 9.18 Å². The molecule has 0 heterocycles. The molecule has 0 bridgehead atoms. The second kappa shape index (κ2) is 6.50. The van der Waals surface area contributed by atoms with Crippen molar-refractivity contribution in [3.05, 3.63) is 35.6 Å². The molecule has 1 aromatic rings. The summed E-state index contributed by atoms with van der Waals surface area (Å²) in [5.74, 6) is -0.452. The van der Waals surface area contributed by atoms with Gasteiger partial charge in [0.15, 0.2) is 0 Å². The van der Waals surface area contributed by atoms with E-state index < -0.39 is 0 Å². The van der Waals surface area contributed by atoms with Crippen LogP contribution in [-0.4, -0.2) is 12.0 Å². The summed E-state index contributed by atoms with van der Waals surface area (Å²) in [6, 6.07) is 6.51. The van der Waals surface area contributed by atoms with Gasteiger partial charge in [0, 0.05) is 6.42 Å². The SMILES string of the molecule is O=C(CCc1ccccc1F)NOC1CCCC1. The predicted octanol–water partition coefficient (Wildman–Crippen LogP) is 2.75. The van der Waals surface area contributed by atoms with Gasteiger partial charge in [-0.2, -0.15) is 0 Å².